The minimum Gasteiger partial charge on any atom is -0.324 e. The van der Waals surface area contributed by atoms with Crippen LogP contribution in [0.15, 0.2) is 18.2 Å². The minimum atomic E-state index is -0.436. The Morgan fingerprint density at radius 3 is 2.62 bits per heavy atom. The summed E-state index contributed by atoms with van der Waals surface area (Å²) in [5, 5.41) is 2.37. The first-order valence-corrected chi connectivity index (χ1v) is 5.75. The summed E-state index contributed by atoms with van der Waals surface area (Å²) < 4.78 is 12.8. The van der Waals surface area contributed by atoms with E-state index < -0.39 is 11.1 Å². The lowest BCUT2D eigenvalue weighted by molar-refractivity contribution is -0.116. The smallest absolute Gasteiger partial charge is 0.237 e. The van der Waals surface area contributed by atoms with Gasteiger partial charge < -0.3 is 5.32 Å². The SMILES string of the molecule is CC(C)C(S)C(=O)Nc1ccc(F)cc1Cl. The molecule has 88 valence electrons. The van der Waals surface area contributed by atoms with E-state index in [9.17, 15) is 9.18 Å². The third-order valence-electron chi connectivity index (χ3n) is 2.09. The van der Waals surface area contributed by atoms with Gasteiger partial charge in [0.25, 0.3) is 0 Å². The van der Waals surface area contributed by atoms with Crippen LogP contribution in [-0.2, 0) is 4.79 Å². The third kappa shape index (κ3) is 3.39. The van der Waals surface area contributed by atoms with Crippen LogP contribution in [0.25, 0.3) is 0 Å². The average molecular weight is 262 g/mol. The highest BCUT2D eigenvalue weighted by Gasteiger charge is 2.18. The van der Waals surface area contributed by atoms with Crippen LogP contribution in [0.5, 0.6) is 0 Å². The summed E-state index contributed by atoms with van der Waals surface area (Å²) in [6, 6.07) is 3.82. The molecule has 1 N–H and O–H groups in total. The Kier molecular flexibility index (Phi) is 4.62. The van der Waals surface area contributed by atoms with Gasteiger partial charge in [0, 0.05) is 0 Å². The molecule has 1 atom stereocenters. The highest BCUT2D eigenvalue weighted by atomic mass is 35.5. The predicted octanol–water partition coefficient (Wildman–Crippen LogP) is 3.37. The lowest BCUT2D eigenvalue weighted by atomic mass is 10.1. The van der Waals surface area contributed by atoms with Gasteiger partial charge in [-0.15, -0.1) is 0 Å². The number of anilines is 1. The van der Waals surface area contributed by atoms with Crippen molar-refractivity contribution in [3.8, 4) is 0 Å². The van der Waals surface area contributed by atoms with E-state index in [4.69, 9.17) is 11.6 Å². The summed E-state index contributed by atoms with van der Waals surface area (Å²) in [6.07, 6.45) is 0. The highest BCUT2D eigenvalue weighted by Crippen LogP contribution is 2.23. The summed E-state index contributed by atoms with van der Waals surface area (Å²) in [5.41, 5.74) is 0.396. The molecule has 0 aliphatic rings. The molecule has 0 heterocycles. The van der Waals surface area contributed by atoms with E-state index in [1.165, 1.54) is 12.1 Å². The predicted molar refractivity (Wildman–Crippen MR) is 67.7 cm³/mol. The molecule has 0 aliphatic heterocycles. The zero-order valence-corrected chi connectivity index (χ0v) is 10.6. The van der Waals surface area contributed by atoms with Gasteiger partial charge in [-0.1, -0.05) is 25.4 Å². The van der Waals surface area contributed by atoms with Crippen molar-refractivity contribution >= 4 is 35.8 Å². The topological polar surface area (TPSA) is 29.1 Å². The number of hydrogen-bond acceptors (Lipinski definition) is 2. The summed E-state index contributed by atoms with van der Waals surface area (Å²) >= 11 is 9.95. The molecular weight excluding hydrogens is 249 g/mol. The molecule has 0 spiro atoms. The molecule has 0 fully saturated rings. The zero-order valence-electron chi connectivity index (χ0n) is 9.00. The molecule has 1 aromatic rings. The van der Waals surface area contributed by atoms with Gasteiger partial charge in [0.2, 0.25) is 5.91 Å². The standard InChI is InChI=1S/C11H13ClFNOS/c1-6(2)10(16)11(15)14-9-4-3-7(13)5-8(9)12/h3-6,10,16H,1-2H3,(H,14,15). The fourth-order valence-corrected chi connectivity index (χ4v) is 1.38. The number of carbonyl (C=O) groups is 1. The molecule has 1 rings (SSSR count). The van der Waals surface area contributed by atoms with Gasteiger partial charge in [-0.2, -0.15) is 12.6 Å². The van der Waals surface area contributed by atoms with E-state index in [0.29, 0.717) is 5.69 Å². The Balaban J connectivity index is 2.77. The van der Waals surface area contributed by atoms with E-state index in [0.717, 1.165) is 6.07 Å². The van der Waals surface area contributed by atoms with Crippen molar-refractivity contribution in [2.75, 3.05) is 5.32 Å². The van der Waals surface area contributed by atoms with Crippen LogP contribution >= 0.6 is 24.2 Å². The second-order valence-corrected chi connectivity index (χ2v) is 4.77. The number of amides is 1. The second kappa shape index (κ2) is 5.55. The first-order chi connectivity index (χ1) is 7.41. The summed E-state index contributed by atoms with van der Waals surface area (Å²) in [6.45, 7) is 3.78. The van der Waals surface area contributed by atoms with Crippen molar-refractivity contribution in [2.24, 2.45) is 5.92 Å². The average Bonchev–Trinajstić information content (AvgIpc) is 2.20. The van der Waals surface area contributed by atoms with Crippen LogP contribution in [0.1, 0.15) is 13.8 Å². The van der Waals surface area contributed by atoms with Gasteiger partial charge in [-0.25, -0.2) is 4.39 Å². The number of carbonyl (C=O) groups excluding carboxylic acids is 1. The Labute approximate surface area is 105 Å². The van der Waals surface area contributed by atoms with Crippen LogP contribution in [0.2, 0.25) is 5.02 Å². The normalized spacial score (nSPS) is 12.6. The van der Waals surface area contributed by atoms with Crippen molar-refractivity contribution in [1.29, 1.82) is 0 Å². The maximum absolute atomic E-state index is 12.8. The zero-order chi connectivity index (χ0) is 12.3. The van der Waals surface area contributed by atoms with E-state index in [2.05, 4.69) is 17.9 Å². The van der Waals surface area contributed by atoms with Crippen molar-refractivity contribution in [3.63, 3.8) is 0 Å². The Morgan fingerprint density at radius 1 is 1.50 bits per heavy atom. The Morgan fingerprint density at radius 2 is 2.12 bits per heavy atom. The number of thiol groups is 1. The monoisotopic (exact) mass is 261 g/mol. The van der Waals surface area contributed by atoms with E-state index in [1.807, 2.05) is 13.8 Å². The second-order valence-electron chi connectivity index (χ2n) is 3.80. The molecule has 0 saturated heterocycles. The molecule has 1 amide bonds. The minimum absolute atomic E-state index is 0.113. The Bertz CT molecular complexity index is 398. The van der Waals surface area contributed by atoms with Gasteiger partial charge in [-0.3, -0.25) is 4.79 Å². The molecule has 5 heteroatoms. The van der Waals surface area contributed by atoms with Crippen molar-refractivity contribution in [3.05, 3.63) is 29.0 Å². The molecule has 0 aromatic heterocycles. The number of nitrogens with one attached hydrogen (secondary N) is 1. The Hall–Kier alpha value is -0.740. The van der Waals surface area contributed by atoms with Gasteiger partial charge in [-0.05, 0) is 24.1 Å². The largest absolute Gasteiger partial charge is 0.324 e. The van der Waals surface area contributed by atoms with Crippen LogP contribution in [0.4, 0.5) is 10.1 Å². The van der Waals surface area contributed by atoms with E-state index in [-0.39, 0.29) is 16.8 Å². The fourth-order valence-electron chi connectivity index (χ4n) is 1.10. The molecular formula is C11H13ClFNOS. The maximum Gasteiger partial charge on any atom is 0.237 e. The van der Waals surface area contributed by atoms with Crippen LogP contribution < -0.4 is 5.32 Å². The van der Waals surface area contributed by atoms with Crippen molar-refractivity contribution < 1.29 is 9.18 Å². The molecule has 0 aliphatic carbocycles. The first kappa shape index (κ1) is 13.3. The van der Waals surface area contributed by atoms with Crippen molar-refractivity contribution in [1.82, 2.24) is 0 Å². The molecule has 2 nitrogen and oxygen atoms in total. The summed E-state index contributed by atoms with van der Waals surface area (Å²) in [5.74, 6) is -0.566. The molecule has 0 bridgehead atoms. The number of benzene rings is 1. The molecule has 0 saturated carbocycles. The van der Waals surface area contributed by atoms with Gasteiger partial charge in [0.15, 0.2) is 0 Å². The molecule has 0 radical (unpaired) electrons. The lowest BCUT2D eigenvalue weighted by Crippen LogP contribution is -2.27. The first-order valence-electron chi connectivity index (χ1n) is 4.86. The highest BCUT2D eigenvalue weighted by molar-refractivity contribution is 7.81. The van der Waals surface area contributed by atoms with Gasteiger partial charge >= 0.3 is 0 Å². The molecule has 16 heavy (non-hydrogen) atoms. The number of hydrogen-bond donors (Lipinski definition) is 2. The summed E-state index contributed by atoms with van der Waals surface area (Å²) in [7, 11) is 0. The maximum atomic E-state index is 12.8. The molecule has 1 aromatic carbocycles. The fraction of sp³-hybridized carbons (Fsp3) is 0.364. The van der Waals surface area contributed by atoms with E-state index >= 15 is 0 Å². The quantitative estimate of drug-likeness (QED) is 0.803. The lowest BCUT2D eigenvalue weighted by Gasteiger charge is -2.15. The van der Waals surface area contributed by atoms with Crippen molar-refractivity contribution in [2.45, 2.75) is 19.1 Å². The number of rotatable bonds is 3. The molecule has 1 unspecified atom stereocenters. The van der Waals surface area contributed by atoms with E-state index in [1.54, 1.807) is 0 Å². The summed E-state index contributed by atoms with van der Waals surface area (Å²) in [4.78, 5) is 11.7. The third-order valence-corrected chi connectivity index (χ3v) is 3.23. The van der Waals surface area contributed by atoms with Crippen LogP contribution in [0, 0.1) is 11.7 Å². The number of halogens is 2. The van der Waals surface area contributed by atoms with Gasteiger partial charge in [0.1, 0.15) is 5.82 Å². The van der Waals surface area contributed by atoms with Crippen LogP contribution in [-0.4, -0.2) is 11.2 Å². The van der Waals surface area contributed by atoms with Gasteiger partial charge in [0.05, 0.1) is 16.0 Å². The van der Waals surface area contributed by atoms with Crippen LogP contribution in [0.3, 0.4) is 0 Å².